The van der Waals surface area contributed by atoms with E-state index in [1.807, 2.05) is 0 Å². The molecule has 0 aliphatic carbocycles. The number of ether oxygens (including phenoxy) is 1. The maximum absolute atomic E-state index is 12.1. The van der Waals surface area contributed by atoms with Crippen LogP contribution in [0.25, 0.3) is 0 Å². The molecule has 0 bridgehead atoms. The average Bonchev–Trinajstić information content (AvgIpc) is 2.72. The lowest BCUT2D eigenvalue weighted by atomic mass is 10.1. The molecule has 0 atom stereocenters. The Hall–Kier alpha value is -2.93. The smallest absolute Gasteiger partial charge is 0.270 e. The van der Waals surface area contributed by atoms with E-state index in [9.17, 15) is 14.9 Å². The average molecular weight is 369 g/mol. The molecular weight excluding hydrogens is 346 g/mol. The van der Waals surface area contributed by atoms with Crippen LogP contribution in [-0.4, -0.2) is 43.7 Å². The van der Waals surface area contributed by atoms with Crippen LogP contribution in [0, 0.1) is 10.1 Å². The predicted molar refractivity (Wildman–Crippen MR) is 103 cm³/mol. The van der Waals surface area contributed by atoms with Gasteiger partial charge in [-0.15, -0.1) is 0 Å². The van der Waals surface area contributed by atoms with Crippen molar-refractivity contribution in [2.75, 3.05) is 37.7 Å². The number of hydrogen-bond donors (Lipinski definition) is 1. The summed E-state index contributed by atoms with van der Waals surface area (Å²) in [5.41, 5.74) is 2.65. The summed E-state index contributed by atoms with van der Waals surface area (Å²) < 4.78 is 5.37. The Morgan fingerprint density at radius 2 is 1.89 bits per heavy atom. The van der Waals surface area contributed by atoms with Crippen LogP contribution >= 0.6 is 0 Å². The number of morpholine rings is 1. The Kier molecular flexibility index (Phi) is 6.38. The van der Waals surface area contributed by atoms with Crippen LogP contribution in [-0.2, 0) is 11.2 Å². The highest BCUT2D eigenvalue weighted by Crippen LogP contribution is 2.17. The first-order valence-electron chi connectivity index (χ1n) is 9.08. The van der Waals surface area contributed by atoms with Crippen molar-refractivity contribution in [2.45, 2.75) is 12.8 Å². The fourth-order valence-electron chi connectivity index (χ4n) is 3.05. The normalized spacial score (nSPS) is 14.0. The number of amides is 1. The Balaban J connectivity index is 1.44. The van der Waals surface area contributed by atoms with Gasteiger partial charge in [-0.1, -0.05) is 18.2 Å². The van der Waals surface area contributed by atoms with E-state index >= 15 is 0 Å². The van der Waals surface area contributed by atoms with E-state index in [0.717, 1.165) is 39.1 Å². The highest BCUT2D eigenvalue weighted by atomic mass is 16.6. The molecule has 1 heterocycles. The van der Waals surface area contributed by atoms with Crippen molar-refractivity contribution in [1.29, 1.82) is 0 Å². The molecule has 0 spiro atoms. The number of rotatable bonds is 7. The minimum atomic E-state index is -0.503. The van der Waals surface area contributed by atoms with Gasteiger partial charge in [-0.2, -0.15) is 0 Å². The Morgan fingerprint density at radius 3 is 2.59 bits per heavy atom. The van der Waals surface area contributed by atoms with Crippen LogP contribution < -0.4 is 10.2 Å². The number of nitro groups is 1. The number of carbonyl (C=O) groups excluding carboxylic acids is 1. The van der Waals surface area contributed by atoms with E-state index in [0.29, 0.717) is 12.1 Å². The summed E-state index contributed by atoms with van der Waals surface area (Å²) in [6.45, 7) is 3.90. The molecule has 1 saturated heterocycles. The number of carbonyl (C=O) groups is 1. The highest BCUT2D eigenvalue weighted by Gasteiger charge is 2.12. The fourth-order valence-corrected chi connectivity index (χ4v) is 3.05. The summed E-state index contributed by atoms with van der Waals surface area (Å²) in [5, 5.41) is 13.6. The van der Waals surface area contributed by atoms with Gasteiger partial charge in [0.05, 0.1) is 18.1 Å². The van der Waals surface area contributed by atoms with Crippen molar-refractivity contribution < 1.29 is 14.5 Å². The molecule has 1 fully saturated rings. The van der Waals surface area contributed by atoms with Crippen LogP contribution in [0.2, 0.25) is 0 Å². The molecule has 1 aliphatic rings. The lowest BCUT2D eigenvalue weighted by Gasteiger charge is -2.28. The monoisotopic (exact) mass is 369 g/mol. The number of benzene rings is 2. The largest absolute Gasteiger partial charge is 0.378 e. The molecule has 2 aromatic rings. The van der Waals surface area contributed by atoms with Gasteiger partial charge in [-0.05, 0) is 36.6 Å². The third kappa shape index (κ3) is 5.27. The van der Waals surface area contributed by atoms with Gasteiger partial charge in [0.25, 0.3) is 11.6 Å². The molecule has 1 amide bonds. The van der Waals surface area contributed by atoms with E-state index in [2.05, 4.69) is 34.5 Å². The molecular formula is C20H23N3O4. The van der Waals surface area contributed by atoms with E-state index in [-0.39, 0.29) is 11.6 Å². The number of hydrogen-bond acceptors (Lipinski definition) is 5. The molecule has 0 saturated carbocycles. The molecule has 0 unspecified atom stereocenters. The summed E-state index contributed by atoms with van der Waals surface area (Å²) in [5.74, 6) is -0.290. The van der Waals surface area contributed by atoms with Crippen LogP contribution in [0.3, 0.4) is 0 Å². The second kappa shape index (κ2) is 9.14. The van der Waals surface area contributed by atoms with Crippen LogP contribution in [0.4, 0.5) is 11.4 Å². The van der Waals surface area contributed by atoms with Crippen molar-refractivity contribution in [2.24, 2.45) is 0 Å². The van der Waals surface area contributed by atoms with E-state index < -0.39 is 4.92 Å². The van der Waals surface area contributed by atoms with E-state index in [4.69, 9.17) is 4.74 Å². The maximum atomic E-state index is 12.1. The number of nitrogens with zero attached hydrogens (tertiary/aromatic N) is 2. The Morgan fingerprint density at radius 1 is 1.15 bits per heavy atom. The standard InChI is InChI=1S/C20H23N3O4/c24-20(17-4-1-5-19(15-17)23(25)26)21-10-2-3-16-6-8-18(9-7-16)22-11-13-27-14-12-22/h1,4-9,15H,2-3,10-14H2,(H,21,24). The molecule has 0 radical (unpaired) electrons. The van der Waals surface area contributed by atoms with Gasteiger partial charge < -0.3 is 15.0 Å². The van der Waals surface area contributed by atoms with Gasteiger partial charge in [0, 0.05) is 43.0 Å². The molecule has 2 aromatic carbocycles. The first-order chi connectivity index (χ1) is 13.1. The number of nitrogens with one attached hydrogen (secondary N) is 1. The molecule has 27 heavy (non-hydrogen) atoms. The summed E-state index contributed by atoms with van der Waals surface area (Å²) in [6, 6.07) is 14.2. The lowest BCUT2D eigenvalue weighted by molar-refractivity contribution is -0.384. The van der Waals surface area contributed by atoms with Crippen LogP contribution in [0.5, 0.6) is 0 Å². The Labute approximate surface area is 158 Å². The van der Waals surface area contributed by atoms with Gasteiger partial charge >= 0.3 is 0 Å². The van der Waals surface area contributed by atoms with Gasteiger partial charge in [0.2, 0.25) is 0 Å². The fraction of sp³-hybridized carbons (Fsp3) is 0.350. The zero-order valence-corrected chi connectivity index (χ0v) is 15.1. The van der Waals surface area contributed by atoms with Crippen molar-refractivity contribution in [3.05, 3.63) is 69.8 Å². The zero-order chi connectivity index (χ0) is 19.1. The number of aryl methyl sites for hydroxylation is 1. The first kappa shape index (κ1) is 18.8. The van der Waals surface area contributed by atoms with Gasteiger partial charge in [0.1, 0.15) is 0 Å². The predicted octanol–water partition coefficient (Wildman–Crippen LogP) is 2.79. The van der Waals surface area contributed by atoms with Crippen LogP contribution in [0.1, 0.15) is 22.3 Å². The molecule has 7 heteroatoms. The minimum Gasteiger partial charge on any atom is -0.378 e. The summed E-state index contributed by atoms with van der Waals surface area (Å²) in [4.78, 5) is 24.7. The summed E-state index contributed by atoms with van der Waals surface area (Å²) >= 11 is 0. The number of non-ortho nitro benzene ring substituents is 1. The molecule has 0 aromatic heterocycles. The van der Waals surface area contributed by atoms with Gasteiger partial charge in [-0.25, -0.2) is 0 Å². The SMILES string of the molecule is O=C(NCCCc1ccc(N2CCOCC2)cc1)c1cccc([N+](=O)[O-])c1. The second-order valence-corrected chi connectivity index (χ2v) is 6.43. The van der Waals surface area contributed by atoms with Gasteiger partial charge in [0.15, 0.2) is 0 Å². The van der Waals surface area contributed by atoms with E-state index in [1.54, 1.807) is 6.07 Å². The maximum Gasteiger partial charge on any atom is 0.270 e. The summed E-state index contributed by atoms with van der Waals surface area (Å²) in [6.07, 6.45) is 1.66. The molecule has 1 aliphatic heterocycles. The van der Waals surface area contributed by atoms with Crippen molar-refractivity contribution in [1.82, 2.24) is 5.32 Å². The molecule has 3 rings (SSSR count). The van der Waals surface area contributed by atoms with Gasteiger partial charge in [-0.3, -0.25) is 14.9 Å². The topological polar surface area (TPSA) is 84.7 Å². The zero-order valence-electron chi connectivity index (χ0n) is 15.1. The second-order valence-electron chi connectivity index (χ2n) is 6.43. The summed E-state index contributed by atoms with van der Waals surface area (Å²) in [7, 11) is 0. The highest BCUT2D eigenvalue weighted by molar-refractivity contribution is 5.94. The third-order valence-electron chi connectivity index (χ3n) is 4.56. The third-order valence-corrected chi connectivity index (χ3v) is 4.56. The number of anilines is 1. The number of nitro benzene ring substituents is 1. The molecule has 1 N–H and O–H groups in total. The quantitative estimate of drug-likeness (QED) is 0.461. The van der Waals surface area contributed by atoms with Crippen LogP contribution in [0.15, 0.2) is 48.5 Å². The molecule has 142 valence electrons. The van der Waals surface area contributed by atoms with Crippen molar-refractivity contribution in [3.8, 4) is 0 Å². The van der Waals surface area contributed by atoms with Crippen molar-refractivity contribution in [3.63, 3.8) is 0 Å². The Bertz CT molecular complexity index is 786. The minimum absolute atomic E-state index is 0.0805. The van der Waals surface area contributed by atoms with Crippen molar-refractivity contribution >= 4 is 17.3 Å². The van der Waals surface area contributed by atoms with E-state index in [1.165, 1.54) is 29.4 Å². The lowest BCUT2D eigenvalue weighted by Crippen LogP contribution is -2.36. The first-order valence-corrected chi connectivity index (χ1v) is 9.08. The molecule has 7 nitrogen and oxygen atoms in total.